The molecule has 0 atom stereocenters. The van der Waals surface area contributed by atoms with Gasteiger partial charge in [-0.1, -0.05) is 13.0 Å². The number of carboxylic acids is 1. The van der Waals surface area contributed by atoms with Gasteiger partial charge >= 0.3 is 5.97 Å². The van der Waals surface area contributed by atoms with Crippen LogP contribution in [0.15, 0.2) is 40.7 Å². The van der Waals surface area contributed by atoms with Crippen LogP contribution in [0.2, 0.25) is 0 Å². The van der Waals surface area contributed by atoms with Crippen molar-refractivity contribution in [2.45, 2.75) is 18.4 Å². The summed E-state index contributed by atoms with van der Waals surface area (Å²) in [6, 6.07) is 6.57. The SMILES string of the molecule is CCN(Cc1ccccn1)S(=O)(=O)c1ccsc1C(=O)O. The van der Waals surface area contributed by atoms with Gasteiger partial charge in [0.15, 0.2) is 0 Å². The van der Waals surface area contributed by atoms with E-state index < -0.39 is 16.0 Å². The van der Waals surface area contributed by atoms with Crippen molar-refractivity contribution < 1.29 is 18.3 Å². The van der Waals surface area contributed by atoms with E-state index in [2.05, 4.69) is 4.98 Å². The van der Waals surface area contributed by atoms with Crippen molar-refractivity contribution in [3.63, 3.8) is 0 Å². The van der Waals surface area contributed by atoms with Crippen LogP contribution in [0.4, 0.5) is 0 Å². The Kier molecular flexibility index (Phi) is 4.71. The van der Waals surface area contributed by atoms with E-state index in [1.807, 2.05) is 0 Å². The molecule has 0 aliphatic heterocycles. The lowest BCUT2D eigenvalue weighted by molar-refractivity contribution is 0.0698. The van der Waals surface area contributed by atoms with Crippen molar-refractivity contribution in [3.05, 3.63) is 46.4 Å². The molecule has 2 heterocycles. The van der Waals surface area contributed by atoms with Crippen molar-refractivity contribution in [2.75, 3.05) is 6.54 Å². The van der Waals surface area contributed by atoms with Crippen LogP contribution in [0, 0.1) is 0 Å². The van der Waals surface area contributed by atoms with Gasteiger partial charge in [0.05, 0.1) is 12.2 Å². The molecule has 0 amide bonds. The van der Waals surface area contributed by atoms with Gasteiger partial charge in [-0.2, -0.15) is 4.31 Å². The van der Waals surface area contributed by atoms with Gasteiger partial charge < -0.3 is 5.11 Å². The Balaban J connectivity index is 2.36. The van der Waals surface area contributed by atoms with Gasteiger partial charge in [-0.05, 0) is 23.6 Å². The van der Waals surface area contributed by atoms with Gasteiger partial charge in [0.25, 0.3) is 0 Å². The lowest BCUT2D eigenvalue weighted by Gasteiger charge is -2.19. The predicted octanol–water partition coefficient (Wildman–Crippen LogP) is 2.05. The number of aromatic nitrogens is 1. The van der Waals surface area contributed by atoms with E-state index in [1.54, 1.807) is 31.3 Å². The molecule has 0 aliphatic carbocycles. The largest absolute Gasteiger partial charge is 0.477 e. The maximum absolute atomic E-state index is 12.6. The summed E-state index contributed by atoms with van der Waals surface area (Å²) in [4.78, 5) is 14.9. The van der Waals surface area contributed by atoms with Gasteiger partial charge in [-0.3, -0.25) is 4.98 Å². The number of sulfonamides is 1. The second-order valence-electron chi connectivity index (χ2n) is 4.17. The molecule has 0 radical (unpaired) electrons. The Morgan fingerprint density at radius 1 is 1.38 bits per heavy atom. The number of aromatic carboxylic acids is 1. The number of carbonyl (C=O) groups is 1. The molecule has 0 fully saturated rings. The first kappa shape index (κ1) is 15.6. The minimum absolute atomic E-state index is 0.106. The molecule has 2 rings (SSSR count). The van der Waals surface area contributed by atoms with Crippen LogP contribution in [0.5, 0.6) is 0 Å². The summed E-state index contributed by atoms with van der Waals surface area (Å²) in [6.07, 6.45) is 1.59. The van der Waals surface area contributed by atoms with E-state index in [0.29, 0.717) is 5.69 Å². The molecule has 0 unspecified atom stereocenters. The number of rotatable bonds is 6. The van der Waals surface area contributed by atoms with E-state index in [1.165, 1.54) is 15.8 Å². The minimum Gasteiger partial charge on any atom is -0.477 e. The Bertz CT molecular complexity index is 726. The average molecular weight is 326 g/mol. The molecule has 0 bridgehead atoms. The second-order valence-corrected chi connectivity index (χ2v) is 6.99. The molecule has 8 heteroatoms. The zero-order valence-electron chi connectivity index (χ0n) is 11.3. The van der Waals surface area contributed by atoms with E-state index in [-0.39, 0.29) is 22.9 Å². The summed E-state index contributed by atoms with van der Waals surface area (Å²) in [5.74, 6) is -1.24. The summed E-state index contributed by atoms with van der Waals surface area (Å²) in [7, 11) is -3.86. The van der Waals surface area contributed by atoms with Gasteiger partial charge in [0.1, 0.15) is 9.77 Å². The van der Waals surface area contributed by atoms with Crippen LogP contribution in [-0.4, -0.2) is 35.3 Å². The number of nitrogens with zero attached hydrogens (tertiary/aromatic N) is 2. The predicted molar refractivity (Wildman–Crippen MR) is 78.8 cm³/mol. The number of thiophene rings is 1. The van der Waals surface area contributed by atoms with E-state index in [4.69, 9.17) is 5.11 Å². The standard InChI is InChI=1S/C13H14N2O4S2/c1-2-15(9-10-5-3-4-7-14-10)21(18,19)11-6-8-20-12(11)13(16)17/h3-8H,2,9H2,1H3,(H,16,17). The minimum atomic E-state index is -3.86. The summed E-state index contributed by atoms with van der Waals surface area (Å²) in [6.45, 7) is 2.04. The number of pyridine rings is 1. The third-order valence-corrected chi connectivity index (χ3v) is 5.85. The molecule has 0 aliphatic rings. The van der Waals surface area contributed by atoms with Crippen molar-refractivity contribution in [3.8, 4) is 0 Å². The molecular formula is C13H14N2O4S2. The quantitative estimate of drug-likeness (QED) is 0.878. The third-order valence-electron chi connectivity index (χ3n) is 2.86. The van der Waals surface area contributed by atoms with Crippen LogP contribution in [-0.2, 0) is 16.6 Å². The molecule has 2 aromatic heterocycles. The fourth-order valence-corrected chi connectivity index (χ4v) is 4.49. The molecule has 0 spiro atoms. The summed E-state index contributed by atoms with van der Waals surface area (Å²) >= 11 is 0.898. The van der Waals surface area contributed by atoms with E-state index in [9.17, 15) is 13.2 Å². The fourth-order valence-electron chi connectivity index (χ4n) is 1.83. The lowest BCUT2D eigenvalue weighted by atomic mass is 10.3. The Hall–Kier alpha value is -1.77. The topological polar surface area (TPSA) is 87.6 Å². The van der Waals surface area contributed by atoms with E-state index in [0.717, 1.165) is 11.3 Å². The first-order valence-electron chi connectivity index (χ1n) is 6.17. The highest BCUT2D eigenvalue weighted by molar-refractivity contribution is 7.89. The average Bonchev–Trinajstić information content (AvgIpc) is 2.96. The summed E-state index contributed by atoms with van der Waals surface area (Å²) < 4.78 is 26.4. The highest BCUT2D eigenvalue weighted by Crippen LogP contribution is 2.26. The van der Waals surface area contributed by atoms with Crippen molar-refractivity contribution in [1.29, 1.82) is 0 Å². The highest BCUT2D eigenvalue weighted by atomic mass is 32.2. The third kappa shape index (κ3) is 3.29. The molecule has 0 aromatic carbocycles. The summed E-state index contributed by atoms with van der Waals surface area (Å²) in [5, 5.41) is 10.5. The molecule has 2 aromatic rings. The molecule has 1 N–H and O–H groups in total. The number of carboxylic acid groups (broad SMARTS) is 1. The zero-order valence-corrected chi connectivity index (χ0v) is 12.9. The van der Waals surface area contributed by atoms with Crippen molar-refractivity contribution in [2.24, 2.45) is 0 Å². The van der Waals surface area contributed by atoms with Gasteiger partial charge in [0.2, 0.25) is 10.0 Å². The normalized spacial score (nSPS) is 11.7. The first-order valence-corrected chi connectivity index (χ1v) is 8.49. The van der Waals surface area contributed by atoms with Crippen LogP contribution in [0.1, 0.15) is 22.3 Å². The zero-order chi connectivity index (χ0) is 15.5. The Morgan fingerprint density at radius 3 is 2.71 bits per heavy atom. The highest BCUT2D eigenvalue weighted by Gasteiger charge is 2.29. The second kappa shape index (κ2) is 6.33. The fraction of sp³-hybridized carbons (Fsp3) is 0.231. The molecular weight excluding hydrogens is 312 g/mol. The molecule has 0 saturated carbocycles. The lowest BCUT2D eigenvalue weighted by Crippen LogP contribution is -2.31. The molecule has 0 saturated heterocycles. The van der Waals surface area contributed by atoms with E-state index >= 15 is 0 Å². The monoisotopic (exact) mass is 326 g/mol. The smallest absolute Gasteiger partial charge is 0.347 e. The number of hydrogen-bond donors (Lipinski definition) is 1. The van der Waals surface area contributed by atoms with Gasteiger partial charge in [-0.15, -0.1) is 11.3 Å². The maximum atomic E-state index is 12.6. The maximum Gasteiger partial charge on any atom is 0.347 e. The van der Waals surface area contributed by atoms with Crippen molar-refractivity contribution in [1.82, 2.24) is 9.29 Å². The van der Waals surface area contributed by atoms with Gasteiger partial charge in [-0.25, -0.2) is 13.2 Å². The van der Waals surface area contributed by atoms with Gasteiger partial charge in [0, 0.05) is 12.7 Å². The molecule has 6 nitrogen and oxygen atoms in total. The Morgan fingerprint density at radius 2 is 2.14 bits per heavy atom. The number of hydrogen-bond acceptors (Lipinski definition) is 5. The van der Waals surface area contributed by atoms with Crippen LogP contribution < -0.4 is 0 Å². The first-order chi connectivity index (χ1) is 9.96. The molecule has 112 valence electrons. The Labute approximate surface area is 126 Å². The summed E-state index contributed by atoms with van der Waals surface area (Å²) in [5.41, 5.74) is 0.607. The van der Waals surface area contributed by atoms with Crippen molar-refractivity contribution >= 4 is 27.3 Å². The van der Waals surface area contributed by atoms with Crippen LogP contribution in [0.25, 0.3) is 0 Å². The van der Waals surface area contributed by atoms with Crippen LogP contribution >= 0.6 is 11.3 Å². The molecule has 21 heavy (non-hydrogen) atoms. The van der Waals surface area contributed by atoms with Crippen LogP contribution in [0.3, 0.4) is 0 Å².